The van der Waals surface area contributed by atoms with Gasteiger partial charge in [-0.15, -0.1) is 5.10 Å². The molecule has 0 saturated carbocycles. The van der Waals surface area contributed by atoms with Gasteiger partial charge in [-0.3, -0.25) is 9.59 Å². The molecule has 0 N–H and O–H groups in total. The van der Waals surface area contributed by atoms with E-state index in [0.29, 0.717) is 0 Å². The van der Waals surface area contributed by atoms with Crippen LogP contribution in [0.2, 0.25) is 0 Å². The fourth-order valence-electron chi connectivity index (χ4n) is 2.02. The Kier molecular flexibility index (Phi) is 5.08. The molecule has 0 aliphatic rings. The predicted octanol–water partition coefficient (Wildman–Crippen LogP) is 1.67. The fraction of sp³-hybridized carbons (Fsp3) is 0.667. The number of aromatic nitrogens is 3. The topological polar surface area (TPSA) is 68.1 Å². The molecule has 0 radical (unpaired) electrons. The Morgan fingerprint density at radius 3 is 2.19 bits per heavy atom. The second-order valence-corrected chi connectivity index (χ2v) is 5.12. The standard InChI is InChI=1S/C12H17F3N4O2/c1-7(2)19(8(3)4)10(20)6-18-5-9(16-17-18)11(21)12(13,14)15/h5,7-8H,6H2,1-4H3. The van der Waals surface area contributed by atoms with Crippen molar-refractivity contribution in [3.63, 3.8) is 0 Å². The Morgan fingerprint density at radius 1 is 1.24 bits per heavy atom. The zero-order valence-corrected chi connectivity index (χ0v) is 12.2. The molecule has 1 heterocycles. The predicted molar refractivity (Wildman–Crippen MR) is 67.5 cm³/mol. The lowest BCUT2D eigenvalue weighted by Crippen LogP contribution is -2.43. The first-order valence-electron chi connectivity index (χ1n) is 6.36. The van der Waals surface area contributed by atoms with E-state index in [1.54, 1.807) is 4.90 Å². The van der Waals surface area contributed by atoms with Crippen LogP contribution in [0.15, 0.2) is 6.20 Å². The molecule has 1 aromatic rings. The van der Waals surface area contributed by atoms with Gasteiger partial charge in [-0.05, 0) is 27.7 Å². The van der Waals surface area contributed by atoms with Crippen molar-refractivity contribution in [3.05, 3.63) is 11.9 Å². The number of carbonyl (C=O) groups is 2. The number of carbonyl (C=O) groups excluding carboxylic acids is 2. The van der Waals surface area contributed by atoms with Crippen LogP contribution < -0.4 is 0 Å². The summed E-state index contributed by atoms with van der Waals surface area (Å²) in [6, 6.07) is -0.116. The first-order chi connectivity index (χ1) is 9.54. The van der Waals surface area contributed by atoms with E-state index in [1.165, 1.54) is 0 Å². The summed E-state index contributed by atoms with van der Waals surface area (Å²) >= 11 is 0. The summed E-state index contributed by atoms with van der Waals surface area (Å²) in [6.45, 7) is 7.06. The SMILES string of the molecule is CC(C)N(C(=O)Cn1cc(C(=O)C(F)(F)F)nn1)C(C)C. The highest BCUT2D eigenvalue weighted by Crippen LogP contribution is 2.19. The van der Waals surface area contributed by atoms with Crippen molar-refractivity contribution in [1.29, 1.82) is 0 Å². The van der Waals surface area contributed by atoms with Crippen molar-refractivity contribution in [2.45, 2.75) is 52.5 Å². The van der Waals surface area contributed by atoms with Gasteiger partial charge in [-0.25, -0.2) is 4.68 Å². The molecule has 0 fully saturated rings. The third kappa shape index (κ3) is 4.27. The van der Waals surface area contributed by atoms with Crippen molar-refractivity contribution in [2.24, 2.45) is 0 Å². The van der Waals surface area contributed by atoms with Gasteiger partial charge >= 0.3 is 6.18 Å². The highest BCUT2D eigenvalue weighted by molar-refractivity contribution is 5.98. The average Bonchev–Trinajstić information content (AvgIpc) is 2.73. The number of Topliss-reactive ketones (excluding diaryl/α,β-unsaturated/α-hetero) is 1. The van der Waals surface area contributed by atoms with Crippen molar-refractivity contribution in [2.75, 3.05) is 0 Å². The number of ketones is 1. The molecule has 0 spiro atoms. The third-order valence-corrected chi connectivity index (χ3v) is 2.73. The van der Waals surface area contributed by atoms with E-state index in [1.807, 2.05) is 27.7 Å². The molecule has 118 valence electrons. The second-order valence-electron chi connectivity index (χ2n) is 5.12. The van der Waals surface area contributed by atoms with Gasteiger partial charge in [0.1, 0.15) is 6.54 Å². The first-order valence-corrected chi connectivity index (χ1v) is 6.36. The van der Waals surface area contributed by atoms with E-state index in [0.717, 1.165) is 10.9 Å². The van der Waals surface area contributed by atoms with Crippen molar-refractivity contribution >= 4 is 11.7 Å². The van der Waals surface area contributed by atoms with Crippen LogP contribution in [0.5, 0.6) is 0 Å². The quantitative estimate of drug-likeness (QED) is 0.776. The maximum absolute atomic E-state index is 12.2. The molecule has 0 saturated heterocycles. The van der Waals surface area contributed by atoms with Gasteiger partial charge in [-0.1, -0.05) is 5.21 Å². The highest BCUT2D eigenvalue weighted by Gasteiger charge is 2.41. The lowest BCUT2D eigenvalue weighted by Gasteiger charge is -2.30. The van der Waals surface area contributed by atoms with Crippen molar-refractivity contribution < 1.29 is 22.8 Å². The van der Waals surface area contributed by atoms with E-state index >= 15 is 0 Å². The molecule has 6 nitrogen and oxygen atoms in total. The van der Waals surface area contributed by atoms with Gasteiger partial charge in [0.15, 0.2) is 5.69 Å². The molecule has 1 aromatic heterocycles. The molecule has 21 heavy (non-hydrogen) atoms. The Bertz CT molecular complexity index is 515. The smallest absolute Gasteiger partial charge is 0.336 e. The van der Waals surface area contributed by atoms with E-state index in [9.17, 15) is 22.8 Å². The lowest BCUT2D eigenvalue weighted by atomic mass is 10.2. The Labute approximate surface area is 119 Å². The molecule has 0 aromatic carbocycles. The Morgan fingerprint density at radius 2 is 1.76 bits per heavy atom. The van der Waals surface area contributed by atoms with Crippen molar-refractivity contribution in [3.8, 4) is 0 Å². The van der Waals surface area contributed by atoms with E-state index in [4.69, 9.17) is 0 Å². The van der Waals surface area contributed by atoms with Crippen LogP contribution in [0.4, 0.5) is 13.2 Å². The van der Waals surface area contributed by atoms with E-state index in [2.05, 4.69) is 10.3 Å². The number of hydrogen-bond acceptors (Lipinski definition) is 4. The molecule has 1 rings (SSSR count). The molecular weight excluding hydrogens is 289 g/mol. The fourth-order valence-corrected chi connectivity index (χ4v) is 2.02. The highest BCUT2D eigenvalue weighted by atomic mass is 19.4. The van der Waals surface area contributed by atoms with Gasteiger partial charge in [0.05, 0.1) is 6.20 Å². The summed E-state index contributed by atoms with van der Waals surface area (Å²) in [5, 5.41) is 6.55. The minimum atomic E-state index is -5.01. The maximum Gasteiger partial charge on any atom is 0.456 e. The number of hydrogen-bond donors (Lipinski definition) is 0. The summed E-state index contributed by atoms with van der Waals surface area (Å²) in [5.41, 5.74) is -0.823. The Balaban J connectivity index is 2.84. The van der Waals surface area contributed by atoms with Crippen LogP contribution in [-0.4, -0.2) is 49.8 Å². The summed E-state index contributed by atoms with van der Waals surface area (Å²) in [5.74, 6) is -2.39. The maximum atomic E-state index is 12.2. The van der Waals surface area contributed by atoms with Crippen LogP contribution in [-0.2, 0) is 11.3 Å². The molecular formula is C12H17F3N4O2. The third-order valence-electron chi connectivity index (χ3n) is 2.73. The molecule has 0 atom stereocenters. The monoisotopic (exact) mass is 306 g/mol. The molecule has 1 amide bonds. The number of rotatable bonds is 5. The minimum Gasteiger partial charge on any atom is -0.336 e. The molecule has 0 aliphatic carbocycles. The summed E-state index contributed by atoms with van der Waals surface area (Å²) < 4.78 is 37.7. The number of nitrogens with zero attached hydrogens (tertiary/aromatic N) is 4. The largest absolute Gasteiger partial charge is 0.456 e. The first kappa shape index (κ1) is 17.1. The zero-order chi connectivity index (χ0) is 16.4. The number of amides is 1. The van der Waals surface area contributed by atoms with Crippen LogP contribution in [0.1, 0.15) is 38.2 Å². The summed E-state index contributed by atoms with van der Waals surface area (Å²) in [6.07, 6.45) is -4.18. The van der Waals surface area contributed by atoms with Gasteiger partial charge in [0.25, 0.3) is 5.78 Å². The normalized spacial score (nSPS) is 12.0. The van der Waals surface area contributed by atoms with E-state index in [-0.39, 0.29) is 24.5 Å². The molecule has 9 heteroatoms. The van der Waals surface area contributed by atoms with Gasteiger partial charge in [0.2, 0.25) is 5.91 Å². The van der Waals surface area contributed by atoms with Gasteiger partial charge < -0.3 is 4.90 Å². The second kappa shape index (κ2) is 6.23. The van der Waals surface area contributed by atoms with Crippen molar-refractivity contribution in [1.82, 2.24) is 19.9 Å². The van der Waals surface area contributed by atoms with Gasteiger partial charge in [0, 0.05) is 12.1 Å². The van der Waals surface area contributed by atoms with Gasteiger partial charge in [-0.2, -0.15) is 13.2 Å². The lowest BCUT2D eigenvalue weighted by molar-refractivity contribution is -0.135. The molecule has 0 aliphatic heterocycles. The Hall–Kier alpha value is -1.93. The minimum absolute atomic E-state index is 0.0581. The van der Waals surface area contributed by atoms with E-state index < -0.39 is 17.7 Å². The summed E-state index contributed by atoms with van der Waals surface area (Å²) in [4.78, 5) is 24.7. The van der Waals surface area contributed by atoms with Crippen LogP contribution in [0.3, 0.4) is 0 Å². The zero-order valence-electron chi connectivity index (χ0n) is 12.2. The number of alkyl halides is 3. The summed E-state index contributed by atoms with van der Waals surface area (Å²) in [7, 11) is 0. The van der Waals surface area contributed by atoms with Crippen LogP contribution >= 0.6 is 0 Å². The number of halogens is 3. The molecule has 0 bridgehead atoms. The molecule has 0 unspecified atom stereocenters. The average molecular weight is 306 g/mol. The van der Waals surface area contributed by atoms with Crippen LogP contribution in [0.25, 0.3) is 0 Å². The van der Waals surface area contributed by atoms with Crippen LogP contribution in [0, 0.1) is 0 Å².